The average molecular weight is 755 g/mol. The molecule has 0 atom stereocenters. The van der Waals surface area contributed by atoms with Gasteiger partial charge in [0.1, 0.15) is 17.1 Å². The molecule has 0 aromatic heterocycles. The van der Waals surface area contributed by atoms with Crippen LogP contribution in [0.2, 0.25) is 0 Å². The monoisotopic (exact) mass is 754 g/mol. The van der Waals surface area contributed by atoms with Crippen LogP contribution in [0.25, 0.3) is 0 Å². The third-order valence-corrected chi connectivity index (χ3v) is 10.8. The number of ether oxygens (including phenoxy) is 1. The van der Waals surface area contributed by atoms with Crippen molar-refractivity contribution in [3.8, 4) is 11.5 Å². The first-order valence-electron chi connectivity index (χ1n) is 19.7. The van der Waals surface area contributed by atoms with Crippen LogP contribution in [0.5, 0.6) is 11.5 Å². The Hall–Kier alpha value is -4.63. The summed E-state index contributed by atoms with van der Waals surface area (Å²) in [6.45, 7) is 6.45. The van der Waals surface area contributed by atoms with Gasteiger partial charge in [0.15, 0.2) is 0 Å². The second kappa shape index (κ2) is 21.9. The number of aryl methyl sites for hydroxylation is 1. The van der Waals surface area contributed by atoms with Crippen LogP contribution in [0.4, 0.5) is 11.4 Å². The number of carbonyl (C=O) groups excluding carboxylic acids is 1. The molecule has 290 valence electrons. The normalized spacial score (nSPS) is 11.4. The molecule has 0 saturated carbocycles. The van der Waals surface area contributed by atoms with Gasteiger partial charge in [-0.25, -0.2) is 13.2 Å². The molecule has 1 amide bonds. The summed E-state index contributed by atoms with van der Waals surface area (Å²) in [7, 11) is -3.98. The Morgan fingerprint density at radius 2 is 1.31 bits per heavy atom. The number of hydrogen-bond donors (Lipinski definition) is 3. The second-order valence-corrected chi connectivity index (χ2v) is 16.3. The number of carboxylic acids is 1. The van der Waals surface area contributed by atoms with E-state index < -0.39 is 21.9 Å². The van der Waals surface area contributed by atoms with Crippen LogP contribution in [-0.2, 0) is 22.9 Å². The summed E-state index contributed by atoms with van der Waals surface area (Å²) in [5.74, 6) is -0.696. The first-order chi connectivity index (χ1) is 26.1. The molecule has 0 unspecified atom stereocenters. The smallest absolute Gasteiger partial charge is 0.339 e. The van der Waals surface area contributed by atoms with Crippen molar-refractivity contribution in [3.63, 3.8) is 0 Å². The van der Waals surface area contributed by atoms with Crippen molar-refractivity contribution in [2.45, 2.75) is 122 Å². The Kier molecular flexibility index (Phi) is 17.1. The van der Waals surface area contributed by atoms with Crippen LogP contribution < -0.4 is 14.8 Å². The summed E-state index contributed by atoms with van der Waals surface area (Å²) >= 11 is 0. The molecular weight excluding hydrogens is 697 g/mol. The second-order valence-electron chi connectivity index (χ2n) is 14.6. The Morgan fingerprint density at radius 3 is 1.94 bits per heavy atom. The molecule has 0 heterocycles. The number of unbranched alkanes of at least 4 members (excludes halogenated alkanes) is 12. The number of anilines is 2. The predicted octanol–water partition coefficient (Wildman–Crippen LogP) is 12.1. The van der Waals surface area contributed by atoms with Gasteiger partial charge in [-0.1, -0.05) is 134 Å². The molecule has 4 aromatic rings. The number of hydrogen-bond acceptors (Lipinski definition) is 5. The molecule has 0 aliphatic rings. The van der Waals surface area contributed by atoms with Crippen molar-refractivity contribution >= 4 is 33.3 Å². The highest BCUT2D eigenvalue weighted by atomic mass is 32.2. The summed E-state index contributed by atoms with van der Waals surface area (Å²) in [6, 6.07) is 25.1. The van der Waals surface area contributed by atoms with Gasteiger partial charge in [0.25, 0.3) is 15.9 Å². The van der Waals surface area contributed by atoms with Crippen molar-refractivity contribution in [1.82, 2.24) is 0 Å². The van der Waals surface area contributed by atoms with Crippen molar-refractivity contribution in [2.75, 3.05) is 10.0 Å². The molecule has 3 N–H and O–H groups in total. The zero-order valence-electron chi connectivity index (χ0n) is 32.2. The van der Waals surface area contributed by atoms with E-state index in [1.807, 2.05) is 12.1 Å². The fourth-order valence-electron chi connectivity index (χ4n) is 6.55. The zero-order chi connectivity index (χ0) is 38.8. The van der Waals surface area contributed by atoms with Crippen LogP contribution >= 0.6 is 0 Å². The molecule has 0 spiro atoms. The predicted molar refractivity (Wildman–Crippen MR) is 220 cm³/mol. The van der Waals surface area contributed by atoms with Crippen molar-refractivity contribution < 1.29 is 27.9 Å². The minimum atomic E-state index is -3.98. The fourth-order valence-corrected chi connectivity index (χ4v) is 7.63. The fraction of sp³-hybridized carbons (Fsp3) is 0.422. The molecule has 0 fully saturated rings. The van der Waals surface area contributed by atoms with Gasteiger partial charge in [-0.3, -0.25) is 9.52 Å². The first-order valence-corrected chi connectivity index (χ1v) is 21.2. The van der Waals surface area contributed by atoms with Crippen LogP contribution in [0, 0.1) is 5.92 Å². The molecule has 4 rings (SSSR count). The van der Waals surface area contributed by atoms with E-state index in [1.54, 1.807) is 48.5 Å². The van der Waals surface area contributed by atoms with Gasteiger partial charge in [0.2, 0.25) is 0 Å². The maximum Gasteiger partial charge on any atom is 0.339 e. The Bertz CT molecular complexity index is 1890. The molecule has 0 radical (unpaired) electrons. The summed E-state index contributed by atoms with van der Waals surface area (Å²) in [5, 5.41) is 12.7. The molecular formula is C45H58N2O6S. The number of para-hydroxylation sites is 1. The largest absolute Gasteiger partial charge is 0.478 e. The zero-order valence-corrected chi connectivity index (χ0v) is 33.1. The highest BCUT2D eigenvalue weighted by Gasteiger charge is 2.20. The molecule has 54 heavy (non-hydrogen) atoms. The van der Waals surface area contributed by atoms with Gasteiger partial charge in [-0.05, 0) is 90.9 Å². The van der Waals surface area contributed by atoms with Gasteiger partial charge in [-0.15, -0.1) is 0 Å². The number of carbonyl (C=O) groups is 2. The summed E-state index contributed by atoms with van der Waals surface area (Å²) in [4.78, 5) is 25.8. The van der Waals surface area contributed by atoms with Crippen molar-refractivity contribution in [1.29, 1.82) is 0 Å². The third-order valence-electron chi connectivity index (χ3n) is 9.46. The maximum absolute atomic E-state index is 13.4. The molecule has 0 aliphatic heterocycles. The van der Waals surface area contributed by atoms with Crippen LogP contribution in [0.15, 0.2) is 95.9 Å². The van der Waals surface area contributed by atoms with E-state index in [-0.39, 0.29) is 33.1 Å². The van der Waals surface area contributed by atoms with E-state index in [1.165, 1.54) is 101 Å². The minimum Gasteiger partial charge on any atom is -0.478 e. The number of aromatic carboxylic acids is 1. The number of amides is 1. The van der Waals surface area contributed by atoms with Crippen molar-refractivity contribution in [3.05, 3.63) is 113 Å². The summed E-state index contributed by atoms with van der Waals surface area (Å²) in [5.41, 5.74) is 2.45. The SMILES string of the molecule is CCCCCCCCCCCCCCCc1cccc(Oc2ccc(NC(=O)c3ccccc3NS(=O)(=O)c3ccc(CC(C)C)cc3)cc2C(=O)O)c1. The van der Waals surface area contributed by atoms with Gasteiger partial charge in [0.05, 0.1) is 16.1 Å². The first kappa shape index (κ1) is 42.1. The van der Waals surface area contributed by atoms with E-state index in [0.29, 0.717) is 11.7 Å². The lowest BCUT2D eigenvalue weighted by Gasteiger charge is -2.15. The Morgan fingerprint density at radius 1 is 0.685 bits per heavy atom. The molecule has 4 aromatic carbocycles. The number of benzene rings is 4. The van der Waals surface area contributed by atoms with Crippen LogP contribution in [-0.4, -0.2) is 25.4 Å². The summed E-state index contributed by atoms with van der Waals surface area (Å²) in [6.07, 6.45) is 18.8. The Balaban J connectivity index is 1.30. The number of carboxylic acid groups (broad SMARTS) is 1. The highest BCUT2D eigenvalue weighted by Crippen LogP contribution is 2.30. The maximum atomic E-state index is 13.4. The number of rotatable bonds is 24. The standard InChI is InChI=1S/C45H58N2O6S/c1-4-5-6-7-8-9-10-11-12-13-14-15-16-20-35-21-19-22-38(32-35)53-43-30-27-37(33-41(43)45(49)50)46-44(48)40-23-17-18-24-42(40)47-54(51,52)39-28-25-36(26-29-39)31-34(2)3/h17-19,21-30,32-34,47H,4-16,20,31H2,1-3H3,(H,46,48)(H,49,50). The lowest BCUT2D eigenvalue weighted by atomic mass is 10.0. The van der Waals surface area contributed by atoms with Crippen LogP contribution in [0.1, 0.15) is 136 Å². The van der Waals surface area contributed by atoms with Gasteiger partial charge < -0.3 is 15.2 Å². The lowest BCUT2D eigenvalue weighted by molar-refractivity contribution is 0.0693. The van der Waals surface area contributed by atoms with Gasteiger partial charge in [-0.2, -0.15) is 0 Å². The number of nitrogens with one attached hydrogen (secondary N) is 2. The van der Waals surface area contributed by atoms with Crippen LogP contribution in [0.3, 0.4) is 0 Å². The quantitative estimate of drug-likeness (QED) is 0.0612. The minimum absolute atomic E-state index is 0.0787. The van der Waals surface area contributed by atoms with Gasteiger partial charge >= 0.3 is 5.97 Å². The van der Waals surface area contributed by atoms with E-state index >= 15 is 0 Å². The summed E-state index contributed by atoms with van der Waals surface area (Å²) < 4.78 is 35.0. The van der Waals surface area contributed by atoms with E-state index in [4.69, 9.17) is 4.74 Å². The van der Waals surface area contributed by atoms with E-state index in [2.05, 4.69) is 36.9 Å². The number of sulfonamides is 1. The Labute approximate surface area is 322 Å². The lowest BCUT2D eigenvalue weighted by Crippen LogP contribution is -2.19. The topological polar surface area (TPSA) is 122 Å². The van der Waals surface area contributed by atoms with Gasteiger partial charge in [0, 0.05) is 5.69 Å². The average Bonchev–Trinajstić information content (AvgIpc) is 3.14. The molecule has 0 bridgehead atoms. The highest BCUT2D eigenvalue weighted by molar-refractivity contribution is 7.92. The molecule has 0 aliphatic carbocycles. The third kappa shape index (κ3) is 14.0. The molecule has 9 heteroatoms. The van der Waals surface area contributed by atoms with E-state index in [0.717, 1.165) is 30.4 Å². The molecule has 8 nitrogen and oxygen atoms in total. The van der Waals surface area contributed by atoms with E-state index in [9.17, 15) is 23.1 Å². The molecule has 0 saturated heterocycles. The van der Waals surface area contributed by atoms with Crippen molar-refractivity contribution in [2.24, 2.45) is 5.92 Å².